The lowest BCUT2D eigenvalue weighted by Crippen LogP contribution is -2.54. The van der Waals surface area contributed by atoms with Crippen molar-refractivity contribution >= 4 is 23.6 Å². The number of ether oxygens (including phenoxy) is 1. The summed E-state index contributed by atoms with van der Waals surface area (Å²) in [5, 5.41) is 12.3. The van der Waals surface area contributed by atoms with Crippen LogP contribution in [0.4, 0.5) is 0 Å². The fourth-order valence-electron chi connectivity index (χ4n) is 5.98. The molecule has 4 N–H and O–H groups in total. The number of likely N-dealkylation sites (tertiary alicyclic amines) is 1. The third-order valence-electron chi connectivity index (χ3n) is 8.68. The largest absolute Gasteiger partial charge is 0.474 e. The number of amides is 4. The van der Waals surface area contributed by atoms with Gasteiger partial charge >= 0.3 is 0 Å². The molecule has 0 spiro atoms. The zero-order chi connectivity index (χ0) is 37.2. The van der Waals surface area contributed by atoms with E-state index in [9.17, 15) is 19.2 Å². The summed E-state index contributed by atoms with van der Waals surface area (Å²) in [7, 11) is 3.37. The molecule has 5 unspecified atom stereocenters. The maximum atomic E-state index is 13.7. The van der Waals surface area contributed by atoms with E-state index in [2.05, 4.69) is 48.3 Å². The minimum absolute atomic E-state index is 0.0679. The highest BCUT2D eigenvalue weighted by Gasteiger charge is 2.42. The molecule has 0 aromatic heterocycles. The predicted molar refractivity (Wildman–Crippen MR) is 197 cm³/mol. The van der Waals surface area contributed by atoms with E-state index in [0.717, 1.165) is 18.4 Å². The second-order valence-corrected chi connectivity index (χ2v) is 14.9. The lowest BCUT2D eigenvalue weighted by molar-refractivity contribution is -0.140. The molecule has 2 aliphatic heterocycles. The van der Waals surface area contributed by atoms with Crippen LogP contribution in [0, 0.1) is 11.8 Å². The van der Waals surface area contributed by atoms with Crippen molar-refractivity contribution in [2.45, 2.75) is 110 Å². The average Bonchev–Trinajstić information content (AvgIpc) is 3.60. The van der Waals surface area contributed by atoms with Crippen molar-refractivity contribution in [3.63, 3.8) is 0 Å². The Labute approximate surface area is 299 Å². The summed E-state index contributed by atoms with van der Waals surface area (Å²) in [5.74, 6) is -0.0809. The molecule has 0 radical (unpaired) electrons. The third-order valence-corrected chi connectivity index (χ3v) is 8.68. The summed E-state index contributed by atoms with van der Waals surface area (Å²) in [5.41, 5.74) is 1.08. The molecule has 2 heterocycles. The summed E-state index contributed by atoms with van der Waals surface area (Å²) in [4.78, 5) is 56.7. The number of nitrogens with zero attached hydrogens (tertiary/aromatic N) is 2. The molecule has 3 aliphatic rings. The van der Waals surface area contributed by atoms with Crippen LogP contribution in [0.25, 0.3) is 0 Å². The Balaban J connectivity index is 0.00000217. The first kappa shape index (κ1) is 40.2. The number of carbonyl (C=O) groups is 4. The fourth-order valence-corrected chi connectivity index (χ4v) is 5.98. The number of hydrogen-bond acceptors (Lipinski definition) is 7. The Bertz CT molecular complexity index is 1400. The van der Waals surface area contributed by atoms with Crippen molar-refractivity contribution in [2.75, 3.05) is 27.2 Å². The summed E-state index contributed by atoms with van der Waals surface area (Å²) in [6.07, 6.45) is 7.10. The summed E-state index contributed by atoms with van der Waals surface area (Å²) < 4.78 is 5.95. The molecule has 1 saturated carbocycles. The van der Waals surface area contributed by atoms with E-state index >= 15 is 0 Å². The van der Waals surface area contributed by atoms with E-state index in [1.54, 1.807) is 19.0 Å². The van der Waals surface area contributed by atoms with Gasteiger partial charge in [-0.25, -0.2) is 0 Å². The summed E-state index contributed by atoms with van der Waals surface area (Å²) >= 11 is 0. The number of rotatable bonds is 14. The molecular weight excluding hydrogens is 632 g/mol. The van der Waals surface area contributed by atoms with E-state index in [0.29, 0.717) is 43.3 Å². The molecule has 4 rings (SSSR count). The number of carbonyl (C=O) groups excluding carboxylic acids is 4. The third kappa shape index (κ3) is 11.7. The standard InChI is InChI=1S/C36H52N6O5.C3H8/c1-22-19-29(47-36(4,5)6)40-30(22)35(46)42-18-12-15-28(42)33(44)39-27(20-25-16-17-25)24(3)32(43)37-21-23(2)38-31(34(45)41(7)8)26-13-10-9-11-14-26;1-3-2/h9-11,13-14,19,22,25,27-28,30-31,38,40H,2-3,12,15-18,20-21H2,1,4-8H3,(H,37,43)(H,39,44);3H2,1-2H3. The van der Waals surface area contributed by atoms with Gasteiger partial charge in [-0.05, 0) is 57.6 Å². The normalized spacial score (nSPS) is 20.9. The van der Waals surface area contributed by atoms with Crippen LogP contribution in [0.1, 0.15) is 91.7 Å². The lowest BCUT2D eigenvalue weighted by Gasteiger charge is -2.30. The van der Waals surface area contributed by atoms with E-state index < -0.39 is 35.7 Å². The number of hydrogen-bond donors (Lipinski definition) is 4. The monoisotopic (exact) mass is 692 g/mol. The molecule has 11 heteroatoms. The molecular formula is C39H60N6O5. The fraction of sp³-hybridized carbons (Fsp3) is 0.590. The van der Waals surface area contributed by atoms with Gasteiger partial charge in [0.2, 0.25) is 23.6 Å². The minimum Gasteiger partial charge on any atom is -0.474 e. The first-order valence-electron chi connectivity index (χ1n) is 18.0. The van der Waals surface area contributed by atoms with Gasteiger partial charge in [0.1, 0.15) is 23.7 Å². The number of nitrogens with one attached hydrogen (secondary N) is 4. The Morgan fingerprint density at radius 3 is 2.26 bits per heavy atom. The zero-order valence-corrected chi connectivity index (χ0v) is 31.4. The minimum atomic E-state index is -0.659. The van der Waals surface area contributed by atoms with Crippen LogP contribution in [0.2, 0.25) is 0 Å². The van der Waals surface area contributed by atoms with E-state index in [-0.39, 0.29) is 35.8 Å². The lowest BCUT2D eigenvalue weighted by atomic mass is 10.00. The topological polar surface area (TPSA) is 132 Å². The molecule has 0 bridgehead atoms. The van der Waals surface area contributed by atoms with Crippen molar-refractivity contribution in [1.82, 2.24) is 31.1 Å². The quantitative estimate of drug-likeness (QED) is 0.211. The highest BCUT2D eigenvalue weighted by atomic mass is 16.5. The maximum absolute atomic E-state index is 13.7. The van der Waals surface area contributed by atoms with Crippen molar-refractivity contribution in [1.29, 1.82) is 0 Å². The second-order valence-electron chi connectivity index (χ2n) is 14.9. The van der Waals surface area contributed by atoms with Gasteiger partial charge in [0.25, 0.3) is 0 Å². The van der Waals surface area contributed by atoms with Crippen LogP contribution >= 0.6 is 0 Å². The first-order valence-corrected chi connectivity index (χ1v) is 18.0. The Morgan fingerprint density at radius 1 is 1.04 bits per heavy atom. The van der Waals surface area contributed by atoms with Crippen LogP contribution < -0.4 is 21.3 Å². The van der Waals surface area contributed by atoms with Crippen molar-refractivity contribution in [3.8, 4) is 0 Å². The van der Waals surface area contributed by atoms with Gasteiger partial charge in [-0.15, -0.1) is 0 Å². The van der Waals surface area contributed by atoms with Crippen LogP contribution in [0.3, 0.4) is 0 Å². The van der Waals surface area contributed by atoms with Crippen LogP contribution in [-0.4, -0.2) is 84.3 Å². The summed E-state index contributed by atoms with van der Waals surface area (Å²) in [6, 6.07) is 6.94. The molecule has 1 saturated heterocycles. The van der Waals surface area contributed by atoms with E-state index in [4.69, 9.17) is 4.74 Å². The van der Waals surface area contributed by atoms with Gasteiger partial charge in [-0.3, -0.25) is 19.2 Å². The molecule has 276 valence electrons. The Kier molecular flexibility index (Phi) is 14.5. The highest BCUT2D eigenvalue weighted by molar-refractivity contribution is 5.96. The second kappa shape index (κ2) is 18.1. The van der Waals surface area contributed by atoms with Gasteiger partial charge in [0.05, 0.1) is 12.6 Å². The first-order chi connectivity index (χ1) is 23.6. The molecule has 50 heavy (non-hydrogen) atoms. The number of likely N-dealkylation sites (N-methyl/N-ethyl adjacent to an activating group) is 1. The maximum Gasteiger partial charge on any atom is 0.249 e. The molecule has 2 fully saturated rings. The predicted octanol–water partition coefficient (Wildman–Crippen LogP) is 4.55. The van der Waals surface area contributed by atoms with Gasteiger partial charge in [0.15, 0.2) is 5.88 Å². The zero-order valence-electron chi connectivity index (χ0n) is 31.4. The molecule has 1 aromatic rings. The van der Waals surface area contributed by atoms with E-state index in [1.807, 2.05) is 64.1 Å². The number of benzene rings is 1. The Morgan fingerprint density at radius 2 is 1.68 bits per heavy atom. The van der Waals surface area contributed by atoms with Gasteiger partial charge < -0.3 is 35.8 Å². The highest BCUT2D eigenvalue weighted by Crippen LogP contribution is 2.35. The molecule has 4 amide bonds. The van der Waals surface area contributed by atoms with Gasteiger partial charge in [-0.2, -0.15) is 0 Å². The Hall–Kier alpha value is -4.28. The molecule has 1 aliphatic carbocycles. The molecule has 5 atom stereocenters. The molecule has 11 nitrogen and oxygen atoms in total. The smallest absolute Gasteiger partial charge is 0.249 e. The average molecular weight is 693 g/mol. The van der Waals surface area contributed by atoms with Crippen LogP contribution in [0.5, 0.6) is 0 Å². The summed E-state index contributed by atoms with van der Waals surface area (Å²) in [6.45, 7) is 20.7. The molecule has 1 aromatic carbocycles. The van der Waals surface area contributed by atoms with Crippen molar-refractivity contribution < 1.29 is 23.9 Å². The van der Waals surface area contributed by atoms with Gasteiger partial charge in [0, 0.05) is 37.8 Å². The van der Waals surface area contributed by atoms with Crippen molar-refractivity contribution in [3.05, 3.63) is 72.3 Å². The van der Waals surface area contributed by atoms with Crippen molar-refractivity contribution in [2.24, 2.45) is 11.8 Å². The van der Waals surface area contributed by atoms with Crippen LogP contribution in [0.15, 0.2) is 66.7 Å². The van der Waals surface area contributed by atoms with Gasteiger partial charge in [-0.1, -0.05) is 83.5 Å². The van der Waals surface area contributed by atoms with Crippen LogP contribution in [-0.2, 0) is 23.9 Å². The SMILES string of the molecule is C=C(CNC(=O)C(=C)C(CC1CC1)NC(=O)C1CCCN1C(=O)C1NC(OC(C)(C)C)=CC1C)NC(C(=O)N(C)C)c1ccccc1.CCC. The van der Waals surface area contributed by atoms with E-state index in [1.165, 1.54) is 11.3 Å².